The molecule has 2 rings (SSSR count). The normalized spacial score (nSPS) is 18.4. The van der Waals surface area contributed by atoms with Crippen LogP contribution in [0.4, 0.5) is 0 Å². The van der Waals surface area contributed by atoms with Crippen molar-refractivity contribution in [2.24, 2.45) is 5.73 Å². The lowest BCUT2D eigenvalue weighted by molar-refractivity contribution is -0.134. The fourth-order valence-corrected chi connectivity index (χ4v) is 3.19. The Morgan fingerprint density at radius 3 is 2.41 bits per heavy atom. The molecule has 1 unspecified atom stereocenters. The zero-order chi connectivity index (χ0) is 16.1. The lowest BCUT2D eigenvalue weighted by atomic mass is 10.00. The molecule has 1 aromatic carbocycles. The van der Waals surface area contributed by atoms with E-state index in [1.165, 1.54) is 0 Å². The van der Waals surface area contributed by atoms with Crippen molar-refractivity contribution in [3.8, 4) is 0 Å². The number of rotatable bonds is 5. The molecule has 2 N–H and O–H groups in total. The van der Waals surface area contributed by atoms with E-state index in [0.717, 1.165) is 31.5 Å². The quantitative estimate of drug-likeness (QED) is 0.903. The van der Waals surface area contributed by atoms with E-state index >= 15 is 0 Å². The average molecular weight is 303 g/mol. The first-order chi connectivity index (χ1) is 10.5. The second-order valence-electron chi connectivity index (χ2n) is 6.61. The minimum atomic E-state index is -0.449. The fourth-order valence-electron chi connectivity index (χ4n) is 3.19. The van der Waals surface area contributed by atoms with E-state index in [4.69, 9.17) is 5.73 Å². The molecular weight excluding hydrogens is 274 g/mol. The SMILES string of the molecule is CC(C)N1CCC(N(C)C(=O)C(N)Cc2ccccc2)CC1. The van der Waals surface area contributed by atoms with Crippen molar-refractivity contribution in [3.05, 3.63) is 35.9 Å². The van der Waals surface area contributed by atoms with Crippen LogP contribution in [0.1, 0.15) is 32.3 Å². The minimum Gasteiger partial charge on any atom is -0.341 e. The van der Waals surface area contributed by atoms with E-state index in [0.29, 0.717) is 18.5 Å². The third-order valence-corrected chi connectivity index (χ3v) is 4.74. The van der Waals surface area contributed by atoms with Crippen molar-refractivity contribution >= 4 is 5.91 Å². The van der Waals surface area contributed by atoms with Crippen LogP contribution in [0, 0.1) is 0 Å². The van der Waals surface area contributed by atoms with Gasteiger partial charge in [0, 0.05) is 32.2 Å². The van der Waals surface area contributed by atoms with E-state index < -0.39 is 6.04 Å². The maximum absolute atomic E-state index is 12.5. The number of piperidine rings is 1. The van der Waals surface area contributed by atoms with Gasteiger partial charge in [0.05, 0.1) is 6.04 Å². The third kappa shape index (κ3) is 4.31. The number of nitrogens with two attached hydrogens (primary N) is 1. The highest BCUT2D eigenvalue weighted by atomic mass is 16.2. The number of likely N-dealkylation sites (N-methyl/N-ethyl adjacent to an activating group) is 1. The van der Waals surface area contributed by atoms with Gasteiger partial charge < -0.3 is 15.5 Å². The van der Waals surface area contributed by atoms with Crippen LogP contribution in [0.5, 0.6) is 0 Å². The van der Waals surface area contributed by atoms with Crippen molar-refractivity contribution in [2.75, 3.05) is 20.1 Å². The molecule has 4 nitrogen and oxygen atoms in total. The van der Waals surface area contributed by atoms with Gasteiger partial charge in [0.2, 0.25) is 5.91 Å². The highest BCUT2D eigenvalue weighted by Crippen LogP contribution is 2.18. The summed E-state index contributed by atoms with van der Waals surface area (Å²) in [6.45, 7) is 6.58. The van der Waals surface area contributed by atoms with Gasteiger partial charge in [0.25, 0.3) is 0 Å². The van der Waals surface area contributed by atoms with Crippen LogP contribution in [0.15, 0.2) is 30.3 Å². The van der Waals surface area contributed by atoms with Gasteiger partial charge in [-0.15, -0.1) is 0 Å². The lowest BCUT2D eigenvalue weighted by Crippen LogP contribution is -2.51. The molecular formula is C18H29N3O. The molecule has 0 radical (unpaired) electrons. The molecule has 0 aromatic heterocycles. The maximum atomic E-state index is 12.5. The molecule has 1 fully saturated rings. The van der Waals surface area contributed by atoms with E-state index in [1.807, 2.05) is 42.3 Å². The molecule has 1 aliphatic rings. The highest BCUT2D eigenvalue weighted by Gasteiger charge is 2.28. The number of nitrogens with zero attached hydrogens (tertiary/aromatic N) is 2. The zero-order valence-electron chi connectivity index (χ0n) is 14.0. The molecule has 1 amide bonds. The second-order valence-corrected chi connectivity index (χ2v) is 6.61. The number of likely N-dealkylation sites (tertiary alicyclic amines) is 1. The lowest BCUT2D eigenvalue weighted by Gasteiger charge is -2.39. The van der Waals surface area contributed by atoms with Gasteiger partial charge in [-0.2, -0.15) is 0 Å². The average Bonchev–Trinajstić information content (AvgIpc) is 2.54. The molecule has 22 heavy (non-hydrogen) atoms. The summed E-state index contributed by atoms with van der Waals surface area (Å²) in [7, 11) is 1.91. The maximum Gasteiger partial charge on any atom is 0.239 e. The molecule has 1 saturated heterocycles. The largest absolute Gasteiger partial charge is 0.341 e. The van der Waals surface area contributed by atoms with Crippen LogP contribution < -0.4 is 5.73 Å². The minimum absolute atomic E-state index is 0.0619. The number of benzene rings is 1. The third-order valence-electron chi connectivity index (χ3n) is 4.74. The van der Waals surface area contributed by atoms with Crippen LogP contribution in [-0.2, 0) is 11.2 Å². The van der Waals surface area contributed by atoms with E-state index in [-0.39, 0.29) is 5.91 Å². The van der Waals surface area contributed by atoms with Gasteiger partial charge in [0.1, 0.15) is 0 Å². The van der Waals surface area contributed by atoms with Gasteiger partial charge in [0.15, 0.2) is 0 Å². The first-order valence-corrected chi connectivity index (χ1v) is 8.29. The monoisotopic (exact) mass is 303 g/mol. The summed E-state index contributed by atoms with van der Waals surface area (Å²) < 4.78 is 0. The molecule has 0 bridgehead atoms. The van der Waals surface area contributed by atoms with E-state index in [2.05, 4.69) is 18.7 Å². The van der Waals surface area contributed by atoms with Crippen LogP contribution in [0.25, 0.3) is 0 Å². The Morgan fingerprint density at radius 1 is 1.27 bits per heavy atom. The van der Waals surface area contributed by atoms with Gasteiger partial charge in [-0.05, 0) is 38.7 Å². The van der Waals surface area contributed by atoms with Crippen LogP contribution in [-0.4, -0.2) is 54.0 Å². The van der Waals surface area contributed by atoms with Crippen molar-refractivity contribution < 1.29 is 4.79 Å². The van der Waals surface area contributed by atoms with Crippen molar-refractivity contribution in [3.63, 3.8) is 0 Å². The summed E-state index contributed by atoms with van der Waals surface area (Å²) in [6, 6.07) is 10.5. The Morgan fingerprint density at radius 2 is 1.86 bits per heavy atom. The first kappa shape index (κ1) is 17.0. The molecule has 1 heterocycles. The van der Waals surface area contributed by atoms with Crippen LogP contribution >= 0.6 is 0 Å². The number of amides is 1. The number of hydrogen-bond acceptors (Lipinski definition) is 3. The van der Waals surface area contributed by atoms with Crippen molar-refractivity contribution in [2.45, 2.75) is 51.2 Å². The summed E-state index contributed by atoms with van der Waals surface area (Å²) in [5.41, 5.74) is 7.25. The van der Waals surface area contributed by atoms with Crippen molar-refractivity contribution in [1.82, 2.24) is 9.80 Å². The van der Waals surface area contributed by atoms with Gasteiger partial charge in [-0.1, -0.05) is 30.3 Å². The topological polar surface area (TPSA) is 49.6 Å². The van der Waals surface area contributed by atoms with Gasteiger partial charge in [-0.3, -0.25) is 4.79 Å². The van der Waals surface area contributed by atoms with Crippen LogP contribution in [0.2, 0.25) is 0 Å². The predicted molar refractivity (Wildman–Crippen MR) is 90.6 cm³/mol. The predicted octanol–water partition coefficient (Wildman–Crippen LogP) is 1.89. The summed E-state index contributed by atoms with van der Waals surface area (Å²) in [6.07, 6.45) is 2.69. The molecule has 0 saturated carbocycles. The standard InChI is InChI=1S/C18H29N3O/c1-14(2)21-11-9-16(10-12-21)20(3)18(22)17(19)13-15-7-5-4-6-8-15/h4-8,14,16-17H,9-13,19H2,1-3H3. The summed E-state index contributed by atoms with van der Waals surface area (Å²) in [5, 5.41) is 0. The summed E-state index contributed by atoms with van der Waals surface area (Å²) in [5.74, 6) is 0.0619. The molecule has 1 atom stereocenters. The number of hydrogen-bond donors (Lipinski definition) is 1. The Hall–Kier alpha value is -1.39. The first-order valence-electron chi connectivity index (χ1n) is 8.29. The summed E-state index contributed by atoms with van der Waals surface area (Å²) in [4.78, 5) is 16.9. The number of carbonyl (C=O) groups is 1. The van der Waals surface area contributed by atoms with Crippen molar-refractivity contribution in [1.29, 1.82) is 0 Å². The number of carbonyl (C=O) groups excluding carboxylic acids is 1. The second kappa shape index (κ2) is 7.75. The molecule has 0 aliphatic carbocycles. The fraction of sp³-hybridized carbons (Fsp3) is 0.611. The molecule has 4 heteroatoms. The highest BCUT2D eigenvalue weighted by molar-refractivity contribution is 5.82. The Balaban J connectivity index is 1.86. The van der Waals surface area contributed by atoms with E-state index in [1.54, 1.807) is 0 Å². The Labute approximate surface area is 134 Å². The molecule has 1 aliphatic heterocycles. The molecule has 0 spiro atoms. The van der Waals surface area contributed by atoms with Gasteiger partial charge in [-0.25, -0.2) is 0 Å². The smallest absolute Gasteiger partial charge is 0.239 e. The Kier molecular flexibility index (Phi) is 5.98. The zero-order valence-corrected chi connectivity index (χ0v) is 14.0. The Bertz CT molecular complexity index is 466. The van der Waals surface area contributed by atoms with Gasteiger partial charge >= 0.3 is 0 Å². The molecule has 1 aromatic rings. The van der Waals surface area contributed by atoms with Crippen LogP contribution in [0.3, 0.4) is 0 Å². The molecule has 122 valence electrons. The summed E-state index contributed by atoms with van der Waals surface area (Å²) >= 11 is 0. The van der Waals surface area contributed by atoms with E-state index in [9.17, 15) is 4.79 Å².